The van der Waals surface area contributed by atoms with E-state index in [9.17, 15) is 9.59 Å². The molecule has 0 bridgehead atoms. The molecule has 3 aromatic rings. The number of aromatic nitrogens is 1. The van der Waals surface area contributed by atoms with Gasteiger partial charge in [0.2, 0.25) is 0 Å². The number of nitrogens with zero attached hydrogens (tertiary/aromatic N) is 2. The second-order valence-electron chi connectivity index (χ2n) is 8.22. The predicted octanol–water partition coefficient (Wildman–Crippen LogP) is 6.31. The standard InChI is InChI=1S/C24H20ClN3O3S3/c1-24(2,3)34-23-26-19(25)18(33-23)13-17-20(29)27-22(32)28(21(17)30)14-9-11-16(12-10-14)31-15-7-5-4-6-8-15/h4-13H,1-3H3,(H,27,29,32)/b17-13+. The van der Waals surface area contributed by atoms with E-state index in [1.165, 1.54) is 22.3 Å². The summed E-state index contributed by atoms with van der Waals surface area (Å²) in [5.41, 5.74) is 0.428. The number of para-hydroxylation sites is 1. The van der Waals surface area contributed by atoms with Crippen LogP contribution in [0.5, 0.6) is 11.5 Å². The fourth-order valence-corrected chi connectivity index (χ4v) is 6.11. The quantitative estimate of drug-likeness (QED) is 0.181. The van der Waals surface area contributed by atoms with Crippen molar-refractivity contribution in [3.63, 3.8) is 0 Å². The summed E-state index contributed by atoms with van der Waals surface area (Å²) in [6.07, 6.45) is 1.46. The third kappa shape index (κ3) is 5.67. The first-order chi connectivity index (χ1) is 16.1. The lowest BCUT2D eigenvalue weighted by Gasteiger charge is -2.28. The lowest BCUT2D eigenvalue weighted by atomic mass is 10.1. The Balaban J connectivity index is 1.59. The van der Waals surface area contributed by atoms with Crippen LogP contribution in [0.3, 0.4) is 0 Å². The van der Waals surface area contributed by atoms with Gasteiger partial charge in [0.05, 0.1) is 10.6 Å². The number of amides is 2. The lowest BCUT2D eigenvalue weighted by molar-refractivity contribution is -0.122. The minimum absolute atomic E-state index is 0.00302. The summed E-state index contributed by atoms with van der Waals surface area (Å²) >= 11 is 14.5. The van der Waals surface area contributed by atoms with Crippen LogP contribution in [0.1, 0.15) is 25.6 Å². The van der Waals surface area contributed by atoms with Gasteiger partial charge in [0.25, 0.3) is 11.8 Å². The molecular formula is C24H20ClN3O3S3. The van der Waals surface area contributed by atoms with Gasteiger partial charge in [-0.1, -0.05) is 62.3 Å². The SMILES string of the molecule is CC(C)(C)Sc1nc(Cl)c(/C=C2\C(=O)NC(=S)N(c3ccc(Oc4ccccc4)cc3)C2=O)s1. The van der Waals surface area contributed by atoms with Crippen molar-refractivity contribution in [1.82, 2.24) is 10.3 Å². The van der Waals surface area contributed by atoms with E-state index in [-0.39, 0.29) is 20.6 Å². The van der Waals surface area contributed by atoms with E-state index in [0.717, 1.165) is 4.34 Å². The van der Waals surface area contributed by atoms with Crippen molar-refractivity contribution in [2.75, 3.05) is 4.90 Å². The molecule has 1 aromatic heterocycles. The number of ether oxygens (including phenoxy) is 1. The second-order valence-corrected chi connectivity index (χ2v) is 12.1. The lowest BCUT2D eigenvalue weighted by Crippen LogP contribution is -2.54. The Hall–Kier alpha value is -2.72. The van der Waals surface area contributed by atoms with Gasteiger partial charge in [-0.05, 0) is 54.7 Å². The van der Waals surface area contributed by atoms with E-state index in [0.29, 0.717) is 22.1 Å². The van der Waals surface area contributed by atoms with Gasteiger partial charge in [0, 0.05) is 4.75 Å². The van der Waals surface area contributed by atoms with E-state index >= 15 is 0 Å². The highest BCUT2D eigenvalue weighted by molar-refractivity contribution is 8.02. The van der Waals surface area contributed by atoms with Crippen LogP contribution >= 0.6 is 46.9 Å². The van der Waals surface area contributed by atoms with Gasteiger partial charge in [-0.25, -0.2) is 4.98 Å². The molecule has 0 spiro atoms. The molecule has 1 aliphatic rings. The largest absolute Gasteiger partial charge is 0.457 e. The third-order valence-electron chi connectivity index (χ3n) is 4.43. The van der Waals surface area contributed by atoms with Gasteiger partial charge in [-0.15, -0.1) is 11.3 Å². The smallest absolute Gasteiger partial charge is 0.270 e. The Morgan fingerprint density at radius 1 is 1.09 bits per heavy atom. The number of halogens is 1. The van der Waals surface area contributed by atoms with Crippen LogP contribution in [0, 0.1) is 0 Å². The van der Waals surface area contributed by atoms with E-state index in [1.807, 2.05) is 30.3 Å². The molecule has 0 saturated carbocycles. The Kier molecular flexibility index (Phi) is 7.09. The van der Waals surface area contributed by atoms with Crippen LogP contribution in [0.25, 0.3) is 6.08 Å². The van der Waals surface area contributed by atoms with Crippen molar-refractivity contribution in [2.45, 2.75) is 29.9 Å². The maximum atomic E-state index is 13.3. The van der Waals surface area contributed by atoms with E-state index < -0.39 is 11.8 Å². The van der Waals surface area contributed by atoms with Crippen molar-refractivity contribution in [3.8, 4) is 11.5 Å². The third-order valence-corrected chi connectivity index (χ3v) is 7.29. The molecule has 2 aromatic carbocycles. The number of nitrogens with one attached hydrogen (secondary N) is 1. The summed E-state index contributed by atoms with van der Waals surface area (Å²) in [6.45, 7) is 6.20. The molecule has 2 amide bonds. The number of hydrogen-bond acceptors (Lipinski definition) is 7. The molecule has 34 heavy (non-hydrogen) atoms. The molecule has 4 rings (SSSR count). The van der Waals surface area contributed by atoms with E-state index in [1.54, 1.807) is 36.0 Å². The number of thiazole rings is 1. The molecule has 1 saturated heterocycles. The van der Waals surface area contributed by atoms with Crippen LogP contribution in [0.15, 0.2) is 64.5 Å². The number of carbonyl (C=O) groups is 2. The molecule has 0 unspecified atom stereocenters. The Morgan fingerprint density at radius 2 is 1.74 bits per heavy atom. The van der Waals surface area contributed by atoms with Gasteiger partial charge in [-0.2, -0.15) is 0 Å². The number of rotatable bonds is 5. The number of carbonyl (C=O) groups excluding carboxylic acids is 2. The van der Waals surface area contributed by atoms with Crippen LogP contribution in [-0.4, -0.2) is 26.7 Å². The minimum atomic E-state index is -0.579. The average molecular weight is 530 g/mol. The molecule has 10 heteroatoms. The Morgan fingerprint density at radius 3 is 2.38 bits per heavy atom. The first-order valence-electron chi connectivity index (χ1n) is 10.2. The van der Waals surface area contributed by atoms with Crippen LogP contribution in [0.4, 0.5) is 5.69 Å². The van der Waals surface area contributed by atoms with Crippen molar-refractivity contribution in [1.29, 1.82) is 0 Å². The molecule has 0 atom stereocenters. The molecule has 1 aliphatic heterocycles. The first kappa shape index (κ1) is 24.4. The molecule has 2 heterocycles. The molecule has 0 aliphatic carbocycles. The fraction of sp³-hybridized carbons (Fsp3) is 0.167. The zero-order valence-electron chi connectivity index (χ0n) is 18.5. The van der Waals surface area contributed by atoms with Crippen molar-refractivity contribution >= 4 is 75.6 Å². The zero-order chi connectivity index (χ0) is 24.5. The number of anilines is 1. The summed E-state index contributed by atoms with van der Waals surface area (Å²) < 4.78 is 6.51. The van der Waals surface area contributed by atoms with Gasteiger partial charge >= 0.3 is 0 Å². The fourth-order valence-electron chi connectivity index (χ4n) is 3.00. The normalized spacial score (nSPS) is 15.6. The average Bonchev–Trinajstić information content (AvgIpc) is 3.09. The highest BCUT2D eigenvalue weighted by Gasteiger charge is 2.35. The van der Waals surface area contributed by atoms with Crippen LogP contribution < -0.4 is 15.0 Å². The number of thioether (sulfide) groups is 1. The summed E-state index contributed by atoms with van der Waals surface area (Å²) in [6, 6.07) is 16.2. The summed E-state index contributed by atoms with van der Waals surface area (Å²) in [7, 11) is 0. The van der Waals surface area contributed by atoms with Crippen LogP contribution in [-0.2, 0) is 9.59 Å². The summed E-state index contributed by atoms with van der Waals surface area (Å²) in [4.78, 5) is 32.0. The molecule has 0 radical (unpaired) electrons. The van der Waals surface area contributed by atoms with Gasteiger partial charge in [-0.3, -0.25) is 19.8 Å². The Bertz CT molecular complexity index is 1280. The number of thiocarbonyl (C=S) groups is 1. The van der Waals surface area contributed by atoms with Crippen molar-refractivity contribution < 1.29 is 14.3 Å². The van der Waals surface area contributed by atoms with Crippen molar-refractivity contribution in [3.05, 3.63) is 70.2 Å². The topological polar surface area (TPSA) is 71.5 Å². The highest BCUT2D eigenvalue weighted by Crippen LogP contribution is 2.38. The van der Waals surface area contributed by atoms with Crippen LogP contribution in [0.2, 0.25) is 5.15 Å². The van der Waals surface area contributed by atoms with E-state index in [2.05, 4.69) is 31.1 Å². The monoisotopic (exact) mass is 529 g/mol. The first-order valence-corrected chi connectivity index (χ1v) is 12.6. The summed E-state index contributed by atoms with van der Waals surface area (Å²) in [5.74, 6) is 0.179. The summed E-state index contributed by atoms with van der Waals surface area (Å²) in [5, 5.41) is 2.83. The van der Waals surface area contributed by atoms with E-state index in [4.69, 9.17) is 28.6 Å². The molecular weight excluding hydrogens is 510 g/mol. The molecule has 6 nitrogen and oxygen atoms in total. The zero-order valence-corrected chi connectivity index (χ0v) is 21.7. The molecule has 174 valence electrons. The predicted molar refractivity (Wildman–Crippen MR) is 142 cm³/mol. The maximum Gasteiger partial charge on any atom is 0.270 e. The second kappa shape index (κ2) is 9.87. The van der Waals surface area contributed by atoms with Gasteiger partial charge < -0.3 is 4.74 Å². The van der Waals surface area contributed by atoms with Gasteiger partial charge in [0.1, 0.15) is 22.2 Å². The minimum Gasteiger partial charge on any atom is -0.457 e. The maximum absolute atomic E-state index is 13.3. The Labute approximate surface area is 216 Å². The molecule has 1 fully saturated rings. The van der Waals surface area contributed by atoms with Gasteiger partial charge in [0.15, 0.2) is 9.45 Å². The van der Waals surface area contributed by atoms with Crippen molar-refractivity contribution in [2.24, 2.45) is 0 Å². The highest BCUT2D eigenvalue weighted by atomic mass is 35.5. The number of hydrogen-bond donors (Lipinski definition) is 1. The number of benzene rings is 2. The molecule has 1 N–H and O–H groups in total.